The van der Waals surface area contributed by atoms with Gasteiger partial charge in [-0.1, -0.05) is 56.3 Å². The number of hydrogen-bond donors (Lipinski definition) is 1. The third-order valence-electron chi connectivity index (χ3n) is 4.05. The molecular weight excluding hydrogens is 534 g/mol. The monoisotopic (exact) mass is 561 g/mol. The maximum absolute atomic E-state index is 9.34. The first kappa shape index (κ1) is 27.6. The molecule has 0 heterocycles. The number of benzene rings is 3. The van der Waals surface area contributed by atoms with Crippen molar-refractivity contribution in [2.45, 2.75) is 33.6 Å². The Morgan fingerprint density at radius 2 is 1.34 bits per heavy atom. The summed E-state index contributed by atoms with van der Waals surface area (Å²) < 4.78 is 7.98. The van der Waals surface area contributed by atoms with Gasteiger partial charge in [-0.05, 0) is 92.6 Å². The summed E-state index contributed by atoms with van der Waals surface area (Å²) in [7, 11) is 0. The molecule has 0 radical (unpaired) electrons. The standard InChI is InChI=1S/C17H18Br2O.C6H6.C3H5NO2/c1-10(2)13-5-11(3)6-14(9-13)20-17-15(18)7-12(4)8-16(17)19;1-2-4-6-5-3-1;5-2-1-4-3-6/h5-10H,1-4H3;1-6H;2-3H,1H2,(H,4,6). The van der Waals surface area contributed by atoms with Gasteiger partial charge in [0, 0.05) is 0 Å². The van der Waals surface area contributed by atoms with E-state index in [0.717, 1.165) is 20.4 Å². The van der Waals surface area contributed by atoms with Crippen LogP contribution in [0.2, 0.25) is 0 Å². The number of aryl methyl sites for hydroxylation is 2. The largest absolute Gasteiger partial charge is 0.455 e. The minimum Gasteiger partial charge on any atom is -0.455 e. The summed E-state index contributed by atoms with van der Waals surface area (Å²) in [5, 5.41) is 2.15. The van der Waals surface area contributed by atoms with Crippen LogP contribution < -0.4 is 10.1 Å². The van der Waals surface area contributed by atoms with E-state index >= 15 is 0 Å². The summed E-state index contributed by atoms with van der Waals surface area (Å²) in [6.45, 7) is 8.65. The quantitative estimate of drug-likeness (QED) is 0.252. The van der Waals surface area contributed by atoms with Crippen LogP contribution in [-0.4, -0.2) is 19.2 Å². The molecule has 0 saturated carbocycles. The number of aldehydes is 1. The number of carbonyl (C=O) groups is 2. The molecule has 1 N–H and O–H groups in total. The van der Waals surface area contributed by atoms with Crippen LogP contribution in [-0.2, 0) is 9.59 Å². The number of rotatable bonds is 6. The average Bonchev–Trinajstić information content (AvgIpc) is 2.76. The summed E-state index contributed by atoms with van der Waals surface area (Å²) in [4.78, 5) is 18.6. The zero-order chi connectivity index (χ0) is 23.9. The maximum Gasteiger partial charge on any atom is 0.207 e. The predicted octanol–water partition coefficient (Wildman–Crippen LogP) is 7.36. The second-order valence-corrected chi connectivity index (χ2v) is 8.95. The molecule has 6 heteroatoms. The summed E-state index contributed by atoms with van der Waals surface area (Å²) in [6, 6.07) is 22.5. The molecule has 0 aromatic heterocycles. The zero-order valence-corrected chi connectivity index (χ0v) is 21.9. The molecule has 0 fully saturated rings. The Morgan fingerprint density at radius 3 is 1.75 bits per heavy atom. The molecule has 4 nitrogen and oxygen atoms in total. The fourth-order valence-electron chi connectivity index (χ4n) is 2.55. The number of carbonyl (C=O) groups excluding carboxylic acids is 2. The Hall–Kier alpha value is -2.44. The molecule has 3 aromatic rings. The summed E-state index contributed by atoms with van der Waals surface area (Å²) in [5.74, 6) is 2.18. The Bertz CT molecular complexity index is 918. The molecule has 0 atom stereocenters. The van der Waals surface area contributed by atoms with E-state index in [1.807, 2.05) is 36.4 Å². The molecule has 32 heavy (non-hydrogen) atoms. The average molecular weight is 563 g/mol. The van der Waals surface area contributed by atoms with Gasteiger partial charge in [-0.2, -0.15) is 0 Å². The highest BCUT2D eigenvalue weighted by molar-refractivity contribution is 9.11. The smallest absolute Gasteiger partial charge is 0.207 e. The molecule has 0 aliphatic carbocycles. The SMILES string of the molecule is Cc1cc(Oc2c(Br)cc(C)cc2Br)cc(C(C)C)c1.O=CCNC=O.c1ccccc1. The minimum absolute atomic E-state index is 0.115. The number of nitrogens with one attached hydrogen (secondary N) is 1. The van der Waals surface area contributed by atoms with Crippen molar-refractivity contribution in [2.24, 2.45) is 0 Å². The van der Waals surface area contributed by atoms with Crippen LogP contribution in [0.1, 0.15) is 36.5 Å². The Kier molecular flexibility index (Phi) is 13.3. The number of amides is 1. The lowest BCUT2D eigenvalue weighted by atomic mass is 10.0. The van der Waals surface area contributed by atoms with Crippen LogP contribution in [0.5, 0.6) is 11.5 Å². The van der Waals surface area contributed by atoms with Gasteiger partial charge in [-0.25, -0.2) is 0 Å². The van der Waals surface area contributed by atoms with Crippen molar-refractivity contribution >= 4 is 44.6 Å². The fourth-order valence-corrected chi connectivity index (χ4v) is 4.13. The second-order valence-electron chi connectivity index (χ2n) is 7.24. The Labute approximate surface area is 207 Å². The van der Waals surface area contributed by atoms with Crippen LogP contribution in [0.15, 0.2) is 75.7 Å². The first-order valence-electron chi connectivity index (χ1n) is 10.1. The van der Waals surface area contributed by atoms with Gasteiger partial charge >= 0.3 is 0 Å². The maximum atomic E-state index is 9.34. The van der Waals surface area contributed by atoms with Crippen LogP contribution in [0, 0.1) is 13.8 Å². The van der Waals surface area contributed by atoms with E-state index in [-0.39, 0.29) is 6.54 Å². The highest BCUT2D eigenvalue weighted by atomic mass is 79.9. The Morgan fingerprint density at radius 1 is 0.844 bits per heavy atom. The molecule has 0 bridgehead atoms. The lowest BCUT2D eigenvalue weighted by Gasteiger charge is -2.14. The van der Waals surface area contributed by atoms with Crippen molar-refractivity contribution in [3.05, 3.63) is 92.4 Å². The molecule has 3 aromatic carbocycles. The van der Waals surface area contributed by atoms with Gasteiger partial charge < -0.3 is 14.8 Å². The van der Waals surface area contributed by atoms with Crippen LogP contribution >= 0.6 is 31.9 Å². The van der Waals surface area contributed by atoms with E-state index in [4.69, 9.17) is 4.74 Å². The van der Waals surface area contributed by atoms with Crippen molar-refractivity contribution in [1.82, 2.24) is 5.32 Å². The number of hydrogen-bond acceptors (Lipinski definition) is 3. The van der Waals surface area contributed by atoms with E-state index in [2.05, 4.69) is 95.2 Å². The molecule has 0 aliphatic rings. The van der Waals surface area contributed by atoms with Crippen LogP contribution in [0.25, 0.3) is 0 Å². The van der Waals surface area contributed by atoms with Crippen LogP contribution in [0.4, 0.5) is 0 Å². The second kappa shape index (κ2) is 15.4. The van der Waals surface area contributed by atoms with Gasteiger partial charge in [0.2, 0.25) is 6.41 Å². The first-order chi connectivity index (χ1) is 15.3. The molecule has 0 saturated heterocycles. The van der Waals surface area contributed by atoms with Gasteiger partial charge in [0.1, 0.15) is 12.0 Å². The van der Waals surface area contributed by atoms with E-state index in [1.165, 1.54) is 16.7 Å². The van der Waals surface area contributed by atoms with Gasteiger partial charge in [-0.3, -0.25) is 4.79 Å². The first-order valence-corrected chi connectivity index (χ1v) is 11.7. The van der Waals surface area contributed by atoms with Crippen molar-refractivity contribution in [3.8, 4) is 11.5 Å². The highest BCUT2D eigenvalue weighted by Gasteiger charge is 2.10. The molecule has 0 aliphatic heterocycles. The third kappa shape index (κ3) is 10.7. The highest BCUT2D eigenvalue weighted by Crippen LogP contribution is 2.38. The van der Waals surface area contributed by atoms with Gasteiger partial charge in [-0.15, -0.1) is 0 Å². The van der Waals surface area contributed by atoms with E-state index in [9.17, 15) is 9.59 Å². The topological polar surface area (TPSA) is 55.4 Å². The molecule has 0 spiro atoms. The van der Waals surface area contributed by atoms with Gasteiger partial charge in [0.15, 0.2) is 5.75 Å². The molecule has 170 valence electrons. The van der Waals surface area contributed by atoms with Gasteiger partial charge in [0.05, 0.1) is 15.5 Å². The summed E-state index contributed by atoms with van der Waals surface area (Å²) in [5.41, 5.74) is 3.69. The van der Waals surface area contributed by atoms with Gasteiger partial charge in [0.25, 0.3) is 0 Å². The molecule has 0 unspecified atom stereocenters. The van der Waals surface area contributed by atoms with Crippen LogP contribution in [0.3, 0.4) is 0 Å². The van der Waals surface area contributed by atoms with E-state index in [1.54, 1.807) is 0 Å². The van der Waals surface area contributed by atoms with Crippen molar-refractivity contribution in [2.75, 3.05) is 6.54 Å². The molecule has 3 rings (SSSR count). The van der Waals surface area contributed by atoms with Crippen molar-refractivity contribution < 1.29 is 14.3 Å². The Balaban J connectivity index is 0.000000348. The zero-order valence-electron chi connectivity index (χ0n) is 18.8. The lowest BCUT2D eigenvalue weighted by molar-refractivity contribution is -0.113. The minimum atomic E-state index is 0.115. The summed E-state index contributed by atoms with van der Waals surface area (Å²) >= 11 is 7.13. The van der Waals surface area contributed by atoms with Crippen molar-refractivity contribution in [1.29, 1.82) is 0 Å². The number of ether oxygens (including phenoxy) is 1. The molecular formula is C26H29Br2NO3. The summed E-state index contributed by atoms with van der Waals surface area (Å²) in [6.07, 6.45) is 1.10. The lowest BCUT2D eigenvalue weighted by Crippen LogP contribution is -2.12. The molecule has 1 amide bonds. The fraction of sp³-hybridized carbons (Fsp3) is 0.231. The van der Waals surface area contributed by atoms with E-state index < -0.39 is 0 Å². The van der Waals surface area contributed by atoms with E-state index in [0.29, 0.717) is 18.6 Å². The predicted molar refractivity (Wildman–Crippen MR) is 138 cm³/mol. The number of halogens is 2. The van der Waals surface area contributed by atoms with Crippen molar-refractivity contribution in [3.63, 3.8) is 0 Å². The third-order valence-corrected chi connectivity index (χ3v) is 5.23. The normalized spacial score (nSPS) is 9.59.